The fourth-order valence-electron chi connectivity index (χ4n) is 4.05. The van der Waals surface area contributed by atoms with Gasteiger partial charge in [-0.1, -0.05) is 13.8 Å². The largest absolute Gasteiger partial charge is 0.355 e. The van der Waals surface area contributed by atoms with E-state index in [1.165, 1.54) is 0 Å². The van der Waals surface area contributed by atoms with Crippen LogP contribution in [0.1, 0.15) is 38.1 Å². The molecular formula is C21H27N7O. The Morgan fingerprint density at radius 3 is 2.55 bits per heavy atom. The molecule has 0 unspecified atom stereocenters. The molecule has 3 aromatic heterocycles. The molecule has 0 aromatic carbocycles. The number of nitrogens with zero attached hydrogens (tertiary/aromatic N) is 6. The maximum Gasteiger partial charge on any atom is 0.246 e. The van der Waals surface area contributed by atoms with Gasteiger partial charge in [0.05, 0.1) is 12.4 Å². The highest BCUT2D eigenvalue weighted by Gasteiger charge is 2.38. The second-order valence-corrected chi connectivity index (χ2v) is 8.76. The monoisotopic (exact) mass is 393 g/mol. The lowest BCUT2D eigenvalue weighted by Gasteiger charge is -2.47. The van der Waals surface area contributed by atoms with Crippen molar-refractivity contribution in [1.82, 2.24) is 24.7 Å². The van der Waals surface area contributed by atoms with Crippen molar-refractivity contribution in [1.29, 1.82) is 0 Å². The Morgan fingerprint density at radius 2 is 1.90 bits per heavy atom. The first-order chi connectivity index (χ1) is 13.7. The van der Waals surface area contributed by atoms with E-state index < -0.39 is 0 Å². The molecule has 1 aliphatic carbocycles. The number of aryl methyl sites for hydroxylation is 2. The van der Waals surface area contributed by atoms with E-state index in [0.717, 1.165) is 35.7 Å². The number of carbonyl (C=O) groups excluding carboxylic acids is 1. The second-order valence-electron chi connectivity index (χ2n) is 8.76. The van der Waals surface area contributed by atoms with E-state index in [1.807, 2.05) is 26.0 Å². The first-order valence-corrected chi connectivity index (χ1v) is 9.87. The Bertz CT molecular complexity index is 1040. The molecule has 1 fully saturated rings. The van der Waals surface area contributed by atoms with E-state index in [0.29, 0.717) is 22.6 Å². The molecule has 0 radical (unpaired) electrons. The van der Waals surface area contributed by atoms with Gasteiger partial charge in [-0.2, -0.15) is 5.10 Å². The topological polar surface area (TPSA) is 88.8 Å². The van der Waals surface area contributed by atoms with Crippen molar-refractivity contribution >= 4 is 28.6 Å². The summed E-state index contributed by atoms with van der Waals surface area (Å²) in [7, 11) is 2.05. The molecule has 29 heavy (non-hydrogen) atoms. The molecule has 3 aromatic rings. The zero-order chi connectivity index (χ0) is 20.8. The predicted molar refractivity (Wildman–Crippen MR) is 113 cm³/mol. The van der Waals surface area contributed by atoms with Gasteiger partial charge in [0.2, 0.25) is 5.91 Å². The summed E-state index contributed by atoms with van der Waals surface area (Å²) >= 11 is 0. The van der Waals surface area contributed by atoms with Crippen molar-refractivity contribution in [3.63, 3.8) is 0 Å². The Hall–Kier alpha value is -3.03. The first kappa shape index (κ1) is 19.3. The van der Waals surface area contributed by atoms with Gasteiger partial charge in [-0.3, -0.25) is 9.78 Å². The van der Waals surface area contributed by atoms with Crippen molar-refractivity contribution in [2.45, 2.75) is 53.1 Å². The smallest absolute Gasteiger partial charge is 0.246 e. The zero-order valence-corrected chi connectivity index (χ0v) is 17.6. The van der Waals surface area contributed by atoms with Gasteiger partial charge in [-0.05, 0) is 44.2 Å². The third kappa shape index (κ3) is 4.06. The van der Waals surface area contributed by atoms with Gasteiger partial charge in [-0.25, -0.2) is 14.6 Å². The highest BCUT2D eigenvalue weighted by molar-refractivity contribution is 5.91. The van der Waals surface area contributed by atoms with E-state index in [2.05, 4.69) is 46.2 Å². The summed E-state index contributed by atoms with van der Waals surface area (Å²) in [6.07, 6.45) is 5.69. The maximum atomic E-state index is 12.5. The number of hydrogen-bond acceptors (Lipinski definition) is 6. The summed E-state index contributed by atoms with van der Waals surface area (Å²) in [5, 5.41) is 7.23. The van der Waals surface area contributed by atoms with Gasteiger partial charge < -0.3 is 10.2 Å². The summed E-state index contributed by atoms with van der Waals surface area (Å²) in [5.74, 6) is 0.641. The van der Waals surface area contributed by atoms with Crippen LogP contribution in [0.2, 0.25) is 0 Å². The van der Waals surface area contributed by atoms with Crippen molar-refractivity contribution in [3.8, 4) is 0 Å². The molecule has 3 heterocycles. The number of pyridine rings is 1. The lowest BCUT2D eigenvalue weighted by Crippen LogP contribution is -2.47. The van der Waals surface area contributed by atoms with Crippen LogP contribution in [0, 0.1) is 19.3 Å². The molecule has 8 nitrogen and oxygen atoms in total. The fraction of sp³-hybridized carbons (Fsp3) is 0.476. The predicted octanol–water partition coefficient (Wildman–Crippen LogP) is 3.10. The highest BCUT2D eigenvalue weighted by Crippen LogP contribution is 2.43. The van der Waals surface area contributed by atoms with Crippen molar-refractivity contribution in [2.75, 3.05) is 17.3 Å². The number of hydrogen-bond donors (Lipinski definition) is 1. The van der Waals surface area contributed by atoms with Crippen LogP contribution in [0.5, 0.6) is 0 Å². The summed E-state index contributed by atoms with van der Waals surface area (Å²) in [6.45, 7) is 8.45. The Morgan fingerprint density at radius 1 is 1.21 bits per heavy atom. The minimum absolute atomic E-state index is 0.0717. The minimum atomic E-state index is -0.165. The van der Waals surface area contributed by atoms with Crippen LogP contribution in [0.15, 0.2) is 24.5 Å². The molecule has 8 heteroatoms. The van der Waals surface area contributed by atoms with E-state index in [4.69, 9.17) is 4.98 Å². The summed E-state index contributed by atoms with van der Waals surface area (Å²) in [5.41, 5.74) is 4.14. The van der Waals surface area contributed by atoms with E-state index in [-0.39, 0.29) is 12.5 Å². The molecule has 0 aliphatic heterocycles. The van der Waals surface area contributed by atoms with Gasteiger partial charge in [-0.15, -0.1) is 0 Å². The SMILES string of the molecule is Cc1cc(NC(=O)Cn2ncc3ncc(N(C)C4CC(C)(C)C4)nc32)cc(C)n1. The van der Waals surface area contributed by atoms with Crippen molar-refractivity contribution in [2.24, 2.45) is 5.41 Å². The third-order valence-electron chi connectivity index (χ3n) is 5.48. The Labute approximate surface area is 170 Å². The number of anilines is 2. The van der Waals surface area contributed by atoms with Gasteiger partial charge in [0.25, 0.3) is 0 Å². The van der Waals surface area contributed by atoms with Crippen molar-refractivity contribution in [3.05, 3.63) is 35.9 Å². The quantitative estimate of drug-likeness (QED) is 0.716. The van der Waals surface area contributed by atoms with Crippen LogP contribution in [0.25, 0.3) is 11.2 Å². The highest BCUT2D eigenvalue weighted by atomic mass is 16.2. The number of nitrogens with one attached hydrogen (secondary N) is 1. The van der Waals surface area contributed by atoms with E-state index in [9.17, 15) is 4.79 Å². The van der Waals surface area contributed by atoms with Crippen LogP contribution in [-0.2, 0) is 11.3 Å². The van der Waals surface area contributed by atoms with Gasteiger partial charge in [0, 0.05) is 30.2 Å². The first-order valence-electron chi connectivity index (χ1n) is 9.87. The molecule has 1 amide bonds. The van der Waals surface area contributed by atoms with E-state index in [1.54, 1.807) is 17.1 Å². The average Bonchev–Trinajstić information content (AvgIpc) is 3.00. The molecule has 1 saturated carbocycles. The molecule has 0 saturated heterocycles. The van der Waals surface area contributed by atoms with Crippen LogP contribution in [-0.4, -0.2) is 43.7 Å². The Balaban J connectivity index is 1.51. The number of carbonyl (C=O) groups is 1. The molecule has 152 valence electrons. The van der Waals surface area contributed by atoms with E-state index >= 15 is 0 Å². The van der Waals surface area contributed by atoms with Crippen LogP contribution < -0.4 is 10.2 Å². The Kier molecular flexibility index (Phi) is 4.72. The molecular weight excluding hydrogens is 366 g/mol. The number of aromatic nitrogens is 5. The fourth-order valence-corrected chi connectivity index (χ4v) is 4.05. The minimum Gasteiger partial charge on any atom is -0.355 e. The average molecular weight is 393 g/mol. The molecule has 4 rings (SSSR count). The van der Waals surface area contributed by atoms with Crippen LogP contribution in [0.4, 0.5) is 11.5 Å². The standard InChI is InChI=1S/C21H27N7O/c1-13-6-15(7-14(2)24-13)25-19(29)12-28-20-17(10-23-28)22-11-18(26-20)27(5)16-8-21(3,4)9-16/h6-7,10-11,16H,8-9,12H2,1-5H3,(H,24,25,29). The molecule has 0 atom stereocenters. The molecule has 1 aliphatic rings. The molecule has 0 bridgehead atoms. The molecule has 1 N–H and O–H groups in total. The number of fused-ring (bicyclic) bond motifs is 1. The number of rotatable bonds is 5. The van der Waals surface area contributed by atoms with Crippen LogP contribution in [0.3, 0.4) is 0 Å². The summed E-state index contributed by atoms with van der Waals surface area (Å²) in [6, 6.07) is 4.16. The van der Waals surface area contributed by atoms with Gasteiger partial charge in [0.15, 0.2) is 5.65 Å². The van der Waals surface area contributed by atoms with Crippen LogP contribution >= 0.6 is 0 Å². The number of amides is 1. The van der Waals surface area contributed by atoms with Gasteiger partial charge in [0.1, 0.15) is 17.9 Å². The maximum absolute atomic E-state index is 12.5. The van der Waals surface area contributed by atoms with Crippen molar-refractivity contribution < 1.29 is 4.79 Å². The lowest BCUT2D eigenvalue weighted by atomic mass is 9.68. The summed E-state index contributed by atoms with van der Waals surface area (Å²) < 4.78 is 1.60. The van der Waals surface area contributed by atoms with Gasteiger partial charge >= 0.3 is 0 Å². The molecule has 0 spiro atoms. The third-order valence-corrected chi connectivity index (χ3v) is 5.48. The normalized spacial score (nSPS) is 15.9. The second kappa shape index (κ2) is 7.09. The summed E-state index contributed by atoms with van der Waals surface area (Å²) in [4.78, 5) is 28.3. The zero-order valence-electron chi connectivity index (χ0n) is 17.6. The lowest BCUT2D eigenvalue weighted by molar-refractivity contribution is -0.116.